The van der Waals surface area contributed by atoms with E-state index in [1.807, 2.05) is 34.6 Å². The molecule has 0 radical (unpaired) electrons. The molecule has 0 aromatic carbocycles. The molecule has 4 heteroatoms. The molecule has 1 aliphatic carbocycles. The number of carbonyl (C=O) groups excluding carboxylic acids is 1. The minimum atomic E-state index is -0.988. The minimum absolute atomic E-state index is 0.0687. The third-order valence-corrected chi connectivity index (χ3v) is 4.50. The summed E-state index contributed by atoms with van der Waals surface area (Å²) in [6, 6.07) is -0.833. The molecule has 0 aromatic heterocycles. The van der Waals surface area contributed by atoms with Crippen molar-refractivity contribution >= 4 is 11.9 Å². The summed E-state index contributed by atoms with van der Waals surface area (Å²) < 4.78 is 0. The zero-order chi connectivity index (χ0) is 14.1. The summed E-state index contributed by atoms with van der Waals surface area (Å²) in [6.45, 7) is 9.99. The van der Waals surface area contributed by atoms with Crippen molar-refractivity contribution in [2.45, 2.75) is 47.1 Å². The maximum absolute atomic E-state index is 12.1. The van der Waals surface area contributed by atoms with E-state index in [0.717, 1.165) is 0 Å². The van der Waals surface area contributed by atoms with E-state index in [9.17, 15) is 9.59 Å². The number of amides is 1. The Labute approximate surface area is 108 Å². The molecule has 0 bridgehead atoms. The van der Waals surface area contributed by atoms with E-state index in [0.29, 0.717) is 6.42 Å². The predicted octanol–water partition coefficient (Wildman–Crippen LogP) is 2.20. The molecule has 0 saturated heterocycles. The summed E-state index contributed by atoms with van der Waals surface area (Å²) in [7, 11) is 0. The molecule has 1 atom stereocenters. The maximum atomic E-state index is 12.1. The van der Waals surface area contributed by atoms with Crippen LogP contribution in [-0.2, 0) is 9.59 Å². The first kappa shape index (κ1) is 14.7. The van der Waals surface area contributed by atoms with Crippen molar-refractivity contribution < 1.29 is 14.7 Å². The van der Waals surface area contributed by atoms with Gasteiger partial charge in [0.25, 0.3) is 0 Å². The average Bonchev–Trinajstić information content (AvgIpc) is 2.63. The molecule has 1 aliphatic rings. The molecule has 1 fully saturated rings. The van der Waals surface area contributed by atoms with Gasteiger partial charge in [0.1, 0.15) is 6.04 Å². The second kappa shape index (κ2) is 4.75. The molecule has 0 aromatic rings. The number of hydrogen-bond acceptors (Lipinski definition) is 2. The zero-order valence-corrected chi connectivity index (χ0v) is 11.8. The van der Waals surface area contributed by atoms with Gasteiger partial charge in [0, 0.05) is 5.92 Å². The Morgan fingerprint density at radius 3 is 2.11 bits per heavy atom. The lowest BCUT2D eigenvalue weighted by Gasteiger charge is -2.13. The number of nitrogens with one attached hydrogen (secondary N) is 1. The highest BCUT2D eigenvalue weighted by atomic mass is 16.4. The van der Waals surface area contributed by atoms with E-state index in [4.69, 9.17) is 5.11 Å². The predicted molar refractivity (Wildman–Crippen MR) is 70.0 cm³/mol. The number of aliphatic carboxylic acids is 1. The van der Waals surface area contributed by atoms with Gasteiger partial charge in [-0.3, -0.25) is 4.79 Å². The minimum Gasteiger partial charge on any atom is -0.480 e. The largest absolute Gasteiger partial charge is 0.480 e. The van der Waals surface area contributed by atoms with Crippen molar-refractivity contribution in [2.75, 3.05) is 0 Å². The van der Waals surface area contributed by atoms with Gasteiger partial charge in [-0.25, -0.2) is 4.79 Å². The second-order valence-electron chi connectivity index (χ2n) is 6.08. The maximum Gasteiger partial charge on any atom is 0.326 e. The van der Waals surface area contributed by atoms with Crippen LogP contribution in [0.5, 0.6) is 0 Å². The van der Waals surface area contributed by atoms with Gasteiger partial charge in [-0.2, -0.15) is 0 Å². The van der Waals surface area contributed by atoms with Gasteiger partial charge in [-0.05, 0) is 24.2 Å². The van der Waals surface area contributed by atoms with Crippen molar-refractivity contribution in [3.05, 3.63) is 12.2 Å². The number of carboxylic acid groups (broad SMARTS) is 1. The zero-order valence-electron chi connectivity index (χ0n) is 11.8. The summed E-state index contributed by atoms with van der Waals surface area (Å²) >= 11 is 0. The molecule has 1 unspecified atom stereocenters. The van der Waals surface area contributed by atoms with Gasteiger partial charge in [0.15, 0.2) is 0 Å². The van der Waals surface area contributed by atoms with Crippen LogP contribution in [0.25, 0.3) is 0 Å². The molecule has 1 amide bonds. The lowest BCUT2D eigenvalue weighted by molar-refractivity contribution is -0.142. The van der Waals surface area contributed by atoms with Crippen LogP contribution in [0.1, 0.15) is 41.0 Å². The fourth-order valence-electron chi connectivity index (χ4n) is 2.60. The van der Waals surface area contributed by atoms with Crippen molar-refractivity contribution in [1.82, 2.24) is 5.32 Å². The standard InChI is InChI=1S/C14H23NO3/c1-6-7-8-9(12(17)18)15-11(16)10-13(2,3)14(10,4)5/h6-7,9-10H,8H2,1-5H3,(H,15,16)(H,17,18)/b7-6+. The monoisotopic (exact) mass is 253 g/mol. The first-order valence-electron chi connectivity index (χ1n) is 6.30. The van der Waals surface area contributed by atoms with E-state index in [1.165, 1.54) is 0 Å². The molecule has 0 aliphatic heterocycles. The van der Waals surface area contributed by atoms with E-state index in [1.54, 1.807) is 12.2 Å². The number of hydrogen-bond donors (Lipinski definition) is 2. The third-order valence-electron chi connectivity index (χ3n) is 4.50. The number of carbonyl (C=O) groups is 2. The van der Waals surface area contributed by atoms with Crippen LogP contribution in [-0.4, -0.2) is 23.0 Å². The summed E-state index contributed by atoms with van der Waals surface area (Å²) in [6.07, 6.45) is 3.86. The third kappa shape index (κ3) is 2.42. The molecule has 1 rings (SSSR count). The Bertz CT molecular complexity index is 369. The van der Waals surface area contributed by atoms with Crippen LogP contribution >= 0.6 is 0 Å². The van der Waals surface area contributed by atoms with Crippen LogP contribution in [0.3, 0.4) is 0 Å². The highest BCUT2D eigenvalue weighted by Gasteiger charge is 2.68. The van der Waals surface area contributed by atoms with Crippen molar-refractivity contribution in [1.29, 1.82) is 0 Å². The Hall–Kier alpha value is -1.32. The second-order valence-corrected chi connectivity index (χ2v) is 6.08. The Balaban J connectivity index is 2.67. The smallest absolute Gasteiger partial charge is 0.326 e. The van der Waals surface area contributed by atoms with Crippen LogP contribution in [0, 0.1) is 16.7 Å². The van der Waals surface area contributed by atoms with Gasteiger partial charge in [0.05, 0.1) is 0 Å². The van der Waals surface area contributed by atoms with Gasteiger partial charge < -0.3 is 10.4 Å². The lowest BCUT2D eigenvalue weighted by Crippen LogP contribution is -2.42. The molecule has 2 N–H and O–H groups in total. The van der Waals surface area contributed by atoms with Gasteiger partial charge >= 0.3 is 5.97 Å². The first-order chi connectivity index (χ1) is 8.16. The molecule has 102 valence electrons. The van der Waals surface area contributed by atoms with Crippen LogP contribution in [0.15, 0.2) is 12.2 Å². The summed E-state index contributed by atoms with van der Waals surface area (Å²) in [5.74, 6) is -1.25. The van der Waals surface area contributed by atoms with Crippen molar-refractivity contribution in [2.24, 2.45) is 16.7 Å². The first-order valence-corrected chi connectivity index (χ1v) is 6.30. The Morgan fingerprint density at radius 2 is 1.78 bits per heavy atom. The van der Waals surface area contributed by atoms with Gasteiger partial charge in [-0.1, -0.05) is 39.8 Å². The van der Waals surface area contributed by atoms with Crippen molar-refractivity contribution in [3.63, 3.8) is 0 Å². The Kier molecular flexibility index (Phi) is 3.89. The van der Waals surface area contributed by atoms with Crippen molar-refractivity contribution in [3.8, 4) is 0 Å². The quantitative estimate of drug-likeness (QED) is 0.738. The molecule has 18 heavy (non-hydrogen) atoms. The van der Waals surface area contributed by atoms with E-state index in [-0.39, 0.29) is 22.7 Å². The molecule has 0 heterocycles. The SMILES string of the molecule is C/C=C/CC(NC(=O)C1C(C)(C)C1(C)C)C(=O)O. The summed E-state index contributed by atoms with van der Waals surface area (Å²) in [5, 5.41) is 11.7. The van der Waals surface area contributed by atoms with E-state index < -0.39 is 12.0 Å². The Morgan fingerprint density at radius 1 is 1.28 bits per heavy atom. The van der Waals surface area contributed by atoms with E-state index in [2.05, 4.69) is 5.32 Å². The van der Waals surface area contributed by atoms with Gasteiger partial charge in [-0.15, -0.1) is 0 Å². The molecule has 0 spiro atoms. The highest BCUT2D eigenvalue weighted by Crippen LogP contribution is 2.68. The topological polar surface area (TPSA) is 66.4 Å². The van der Waals surface area contributed by atoms with E-state index >= 15 is 0 Å². The molecule has 4 nitrogen and oxygen atoms in total. The van der Waals surface area contributed by atoms with Crippen LogP contribution in [0.4, 0.5) is 0 Å². The normalized spacial score (nSPS) is 22.7. The average molecular weight is 253 g/mol. The van der Waals surface area contributed by atoms with Gasteiger partial charge in [0.2, 0.25) is 5.91 Å². The summed E-state index contributed by atoms with van der Waals surface area (Å²) in [4.78, 5) is 23.2. The number of carboxylic acids is 1. The lowest BCUT2D eigenvalue weighted by atomic mass is 10.0. The highest BCUT2D eigenvalue weighted by molar-refractivity contribution is 5.88. The fraction of sp³-hybridized carbons (Fsp3) is 0.714. The van der Waals surface area contributed by atoms with Crippen LogP contribution < -0.4 is 5.32 Å². The molecular formula is C14H23NO3. The molecular weight excluding hydrogens is 230 g/mol. The molecule has 1 saturated carbocycles. The fourth-order valence-corrected chi connectivity index (χ4v) is 2.60. The number of rotatable bonds is 5. The summed E-state index contributed by atoms with van der Waals surface area (Å²) in [5.41, 5.74) is -0.137. The van der Waals surface area contributed by atoms with Crippen LogP contribution in [0.2, 0.25) is 0 Å². The number of allylic oxidation sites excluding steroid dienone is 1.